The fourth-order valence-corrected chi connectivity index (χ4v) is 3.33. The van der Waals surface area contributed by atoms with Crippen LogP contribution in [-0.2, 0) is 9.59 Å². The van der Waals surface area contributed by atoms with Gasteiger partial charge in [-0.25, -0.2) is 0 Å². The summed E-state index contributed by atoms with van der Waals surface area (Å²) in [4.78, 5) is 23.1. The van der Waals surface area contributed by atoms with Gasteiger partial charge in [0.1, 0.15) is 0 Å². The SMILES string of the molecule is O=C(CC1CCCC1)NCC1(C(=O)O)CCCC1. The molecule has 0 aromatic carbocycles. The fourth-order valence-electron chi connectivity index (χ4n) is 3.33. The molecule has 0 spiro atoms. The molecule has 1 amide bonds. The molecule has 2 fully saturated rings. The molecule has 2 aliphatic rings. The topological polar surface area (TPSA) is 66.4 Å². The van der Waals surface area contributed by atoms with Crippen molar-refractivity contribution in [2.24, 2.45) is 11.3 Å². The van der Waals surface area contributed by atoms with Gasteiger partial charge in [-0.2, -0.15) is 0 Å². The first-order valence-corrected chi connectivity index (χ1v) is 7.12. The van der Waals surface area contributed by atoms with Crippen molar-refractivity contribution in [1.82, 2.24) is 5.32 Å². The third kappa shape index (κ3) is 3.03. The molecule has 102 valence electrons. The number of nitrogens with one attached hydrogen (secondary N) is 1. The van der Waals surface area contributed by atoms with Gasteiger partial charge in [-0.1, -0.05) is 25.7 Å². The van der Waals surface area contributed by atoms with Crippen LogP contribution in [0.5, 0.6) is 0 Å². The Labute approximate surface area is 108 Å². The van der Waals surface area contributed by atoms with Gasteiger partial charge in [-0.3, -0.25) is 9.59 Å². The molecule has 4 nitrogen and oxygen atoms in total. The molecule has 0 saturated heterocycles. The van der Waals surface area contributed by atoms with E-state index in [9.17, 15) is 14.7 Å². The molecule has 0 aromatic rings. The lowest BCUT2D eigenvalue weighted by Gasteiger charge is -2.24. The van der Waals surface area contributed by atoms with Crippen LogP contribution in [-0.4, -0.2) is 23.5 Å². The minimum atomic E-state index is -0.749. The predicted octanol–water partition coefficient (Wildman–Crippen LogP) is 2.33. The van der Waals surface area contributed by atoms with E-state index in [1.807, 2.05) is 0 Å². The van der Waals surface area contributed by atoms with Gasteiger partial charge in [0.2, 0.25) is 5.91 Å². The zero-order valence-electron chi connectivity index (χ0n) is 10.9. The Morgan fingerprint density at radius 3 is 2.28 bits per heavy atom. The first-order chi connectivity index (χ1) is 8.62. The predicted molar refractivity (Wildman–Crippen MR) is 68.1 cm³/mol. The molecule has 2 aliphatic carbocycles. The molecule has 2 saturated carbocycles. The van der Waals surface area contributed by atoms with Crippen molar-refractivity contribution in [2.75, 3.05) is 6.54 Å². The summed E-state index contributed by atoms with van der Waals surface area (Å²) in [7, 11) is 0. The van der Waals surface area contributed by atoms with Crippen LogP contribution in [0.3, 0.4) is 0 Å². The molecule has 2 N–H and O–H groups in total. The minimum Gasteiger partial charge on any atom is -0.481 e. The number of carbonyl (C=O) groups is 2. The van der Waals surface area contributed by atoms with Crippen molar-refractivity contribution in [1.29, 1.82) is 0 Å². The third-order valence-corrected chi connectivity index (χ3v) is 4.59. The first kappa shape index (κ1) is 13.4. The molecule has 0 heterocycles. The van der Waals surface area contributed by atoms with Crippen molar-refractivity contribution in [2.45, 2.75) is 57.8 Å². The maximum atomic E-state index is 11.8. The molecule has 0 atom stereocenters. The highest BCUT2D eigenvalue weighted by Gasteiger charge is 2.41. The van der Waals surface area contributed by atoms with Gasteiger partial charge in [-0.15, -0.1) is 0 Å². The van der Waals surface area contributed by atoms with Gasteiger partial charge in [0.15, 0.2) is 0 Å². The van der Waals surface area contributed by atoms with E-state index in [1.54, 1.807) is 0 Å². The normalized spacial score (nSPS) is 23.1. The Morgan fingerprint density at radius 1 is 1.11 bits per heavy atom. The molecule has 4 heteroatoms. The molecule has 0 bridgehead atoms. The number of aliphatic carboxylic acids is 1. The van der Waals surface area contributed by atoms with Crippen LogP contribution >= 0.6 is 0 Å². The summed E-state index contributed by atoms with van der Waals surface area (Å²) in [6.07, 6.45) is 8.67. The van der Waals surface area contributed by atoms with Crippen molar-refractivity contribution in [3.63, 3.8) is 0 Å². The van der Waals surface area contributed by atoms with Crippen LogP contribution in [0.4, 0.5) is 0 Å². The average molecular weight is 253 g/mol. The van der Waals surface area contributed by atoms with Crippen LogP contribution in [0, 0.1) is 11.3 Å². The highest BCUT2D eigenvalue weighted by molar-refractivity contribution is 5.79. The average Bonchev–Trinajstić information content (AvgIpc) is 2.97. The van der Waals surface area contributed by atoms with Crippen LogP contribution < -0.4 is 5.32 Å². The second kappa shape index (κ2) is 5.72. The maximum Gasteiger partial charge on any atom is 0.311 e. The number of hydrogen-bond acceptors (Lipinski definition) is 2. The van der Waals surface area contributed by atoms with Gasteiger partial charge in [0, 0.05) is 13.0 Å². The monoisotopic (exact) mass is 253 g/mol. The molecular weight excluding hydrogens is 230 g/mol. The van der Waals surface area contributed by atoms with E-state index in [0.717, 1.165) is 25.7 Å². The minimum absolute atomic E-state index is 0.0365. The summed E-state index contributed by atoms with van der Waals surface area (Å²) in [6.45, 7) is 0.313. The number of hydrogen-bond donors (Lipinski definition) is 2. The van der Waals surface area contributed by atoms with Crippen molar-refractivity contribution in [3.05, 3.63) is 0 Å². The standard InChI is InChI=1S/C14H23NO3/c16-12(9-11-5-1-2-6-11)15-10-14(13(17)18)7-3-4-8-14/h11H,1-10H2,(H,15,16)(H,17,18). The van der Waals surface area contributed by atoms with Crippen LogP contribution in [0.2, 0.25) is 0 Å². The summed E-state index contributed by atoms with van der Waals surface area (Å²) < 4.78 is 0. The van der Waals surface area contributed by atoms with Crippen LogP contribution in [0.15, 0.2) is 0 Å². The zero-order chi connectivity index (χ0) is 13.0. The van der Waals surface area contributed by atoms with Crippen molar-refractivity contribution < 1.29 is 14.7 Å². The Morgan fingerprint density at radius 2 is 1.72 bits per heavy atom. The summed E-state index contributed by atoms with van der Waals surface area (Å²) >= 11 is 0. The van der Waals surface area contributed by atoms with Crippen molar-refractivity contribution in [3.8, 4) is 0 Å². The van der Waals surface area contributed by atoms with E-state index in [2.05, 4.69) is 5.32 Å². The van der Waals surface area contributed by atoms with E-state index in [-0.39, 0.29) is 5.91 Å². The number of rotatable bonds is 5. The lowest BCUT2D eigenvalue weighted by Crippen LogP contribution is -2.41. The fraction of sp³-hybridized carbons (Fsp3) is 0.857. The Bertz CT molecular complexity index is 315. The summed E-state index contributed by atoms with van der Waals surface area (Å²) in [6, 6.07) is 0. The molecule has 0 radical (unpaired) electrons. The Hall–Kier alpha value is -1.06. The summed E-state index contributed by atoms with van der Waals surface area (Å²) in [5.41, 5.74) is -0.689. The van der Waals surface area contributed by atoms with Gasteiger partial charge in [0.05, 0.1) is 5.41 Å². The lowest BCUT2D eigenvalue weighted by molar-refractivity contribution is -0.148. The maximum absolute atomic E-state index is 11.8. The van der Waals surface area contributed by atoms with E-state index in [1.165, 1.54) is 12.8 Å². The number of amides is 1. The Kier molecular flexibility index (Phi) is 4.25. The van der Waals surface area contributed by atoms with E-state index in [4.69, 9.17) is 0 Å². The summed E-state index contributed by atoms with van der Waals surface area (Å²) in [5.74, 6) is -0.190. The van der Waals surface area contributed by atoms with Gasteiger partial charge >= 0.3 is 5.97 Å². The number of carbonyl (C=O) groups excluding carboxylic acids is 1. The lowest BCUT2D eigenvalue weighted by atomic mass is 9.86. The second-order valence-electron chi connectivity index (χ2n) is 5.92. The molecule has 0 aliphatic heterocycles. The number of carboxylic acids is 1. The van der Waals surface area contributed by atoms with Crippen molar-refractivity contribution >= 4 is 11.9 Å². The van der Waals surface area contributed by atoms with Gasteiger partial charge in [0.25, 0.3) is 0 Å². The first-order valence-electron chi connectivity index (χ1n) is 7.12. The molecular formula is C14H23NO3. The quantitative estimate of drug-likeness (QED) is 0.790. The highest BCUT2D eigenvalue weighted by Crippen LogP contribution is 2.37. The van der Waals surface area contributed by atoms with Gasteiger partial charge in [-0.05, 0) is 31.6 Å². The largest absolute Gasteiger partial charge is 0.481 e. The highest BCUT2D eigenvalue weighted by atomic mass is 16.4. The molecule has 0 unspecified atom stereocenters. The molecule has 2 rings (SSSR count). The van der Waals surface area contributed by atoms with E-state index < -0.39 is 11.4 Å². The second-order valence-corrected chi connectivity index (χ2v) is 5.92. The van der Waals surface area contributed by atoms with Gasteiger partial charge < -0.3 is 10.4 Å². The summed E-state index contributed by atoms with van der Waals surface area (Å²) in [5, 5.41) is 12.2. The van der Waals surface area contributed by atoms with E-state index >= 15 is 0 Å². The van der Waals surface area contributed by atoms with E-state index in [0.29, 0.717) is 31.7 Å². The Balaban J connectivity index is 1.78. The van der Waals surface area contributed by atoms with Crippen LogP contribution in [0.1, 0.15) is 57.8 Å². The third-order valence-electron chi connectivity index (χ3n) is 4.59. The van der Waals surface area contributed by atoms with Crippen LogP contribution in [0.25, 0.3) is 0 Å². The number of carboxylic acid groups (broad SMARTS) is 1. The smallest absolute Gasteiger partial charge is 0.311 e. The zero-order valence-corrected chi connectivity index (χ0v) is 10.9. The molecule has 0 aromatic heterocycles. The molecule has 18 heavy (non-hydrogen) atoms.